The van der Waals surface area contributed by atoms with Gasteiger partial charge in [0.1, 0.15) is 5.69 Å². The number of rotatable bonds is 2. The van der Waals surface area contributed by atoms with Crippen LogP contribution in [0.25, 0.3) is 22.2 Å². The maximum Gasteiger partial charge on any atom is 0.353 e. The highest BCUT2D eigenvalue weighted by molar-refractivity contribution is 5.89. The van der Waals surface area contributed by atoms with Gasteiger partial charge in [-0.1, -0.05) is 6.07 Å². The third-order valence-electron chi connectivity index (χ3n) is 2.99. The van der Waals surface area contributed by atoms with Gasteiger partial charge < -0.3 is 10.1 Å². The standard InChI is InChI=1S/C13H11N3O2/c1-7-6-14-10-3-2-8(4-9(7)10)11-5-12(13(17)18)16-15-11/h2-6,14H,1H3,(H,15,16)(H,17,18). The summed E-state index contributed by atoms with van der Waals surface area (Å²) in [4.78, 5) is 14.0. The lowest BCUT2D eigenvalue weighted by Gasteiger charge is -1.97. The van der Waals surface area contributed by atoms with Gasteiger partial charge in [-0.05, 0) is 30.7 Å². The maximum atomic E-state index is 10.8. The van der Waals surface area contributed by atoms with Gasteiger partial charge in [-0.15, -0.1) is 0 Å². The molecular formula is C13H11N3O2. The summed E-state index contributed by atoms with van der Waals surface area (Å²) < 4.78 is 0. The molecule has 90 valence electrons. The predicted octanol–water partition coefficient (Wildman–Crippen LogP) is 2.56. The van der Waals surface area contributed by atoms with Crippen molar-refractivity contribution in [2.45, 2.75) is 6.92 Å². The van der Waals surface area contributed by atoms with Crippen molar-refractivity contribution >= 4 is 16.9 Å². The summed E-state index contributed by atoms with van der Waals surface area (Å²) in [5.74, 6) is -1.01. The Kier molecular flexibility index (Phi) is 2.19. The monoisotopic (exact) mass is 241 g/mol. The molecule has 3 N–H and O–H groups in total. The smallest absolute Gasteiger partial charge is 0.353 e. The summed E-state index contributed by atoms with van der Waals surface area (Å²) in [7, 11) is 0. The number of aromatic amines is 2. The van der Waals surface area contributed by atoms with E-state index in [2.05, 4.69) is 15.2 Å². The van der Waals surface area contributed by atoms with Gasteiger partial charge >= 0.3 is 5.97 Å². The molecule has 3 aromatic rings. The molecule has 5 nitrogen and oxygen atoms in total. The number of nitrogens with zero attached hydrogens (tertiary/aromatic N) is 1. The molecule has 0 amide bonds. The van der Waals surface area contributed by atoms with E-state index in [0.29, 0.717) is 5.69 Å². The Labute approximate surface area is 102 Å². The molecule has 0 aliphatic carbocycles. The molecule has 3 rings (SSSR count). The van der Waals surface area contributed by atoms with E-state index in [1.807, 2.05) is 31.3 Å². The normalized spacial score (nSPS) is 10.9. The molecule has 0 aliphatic rings. The van der Waals surface area contributed by atoms with Crippen molar-refractivity contribution in [3.63, 3.8) is 0 Å². The second-order valence-electron chi connectivity index (χ2n) is 4.20. The average Bonchev–Trinajstić information content (AvgIpc) is 2.96. The lowest BCUT2D eigenvalue weighted by Crippen LogP contribution is -1.95. The van der Waals surface area contributed by atoms with Crippen molar-refractivity contribution in [3.8, 4) is 11.3 Å². The fraction of sp³-hybridized carbons (Fsp3) is 0.0769. The first-order valence-electron chi connectivity index (χ1n) is 5.52. The minimum absolute atomic E-state index is 0.0934. The number of nitrogens with one attached hydrogen (secondary N) is 2. The molecule has 1 aromatic carbocycles. The Balaban J connectivity index is 2.12. The highest BCUT2D eigenvalue weighted by atomic mass is 16.4. The van der Waals surface area contributed by atoms with Crippen LogP contribution in [-0.4, -0.2) is 26.3 Å². The van der Waals surface area contributed by atoms with Crippen molar-refractivity contribution in [2.75, 3.05) is 0 Å². The summed E-state index contributed by atoms with van der Waals surface area (Å²) in [5.41, 5.74) is 3.84. The van der Waals surface area contributed by atoms with Crippen molar-refractivity contribution in [1.29, 1.82) is 0 Å². The Morgan fingerprint density at radius 2 is 2.17 bits per heavy atom. The number of aromatic carboxylic acids is 1. The number of carboxylic acid groups (broad SMARTS) is 1. The molecular weight excluding hydrogens is 230 g/mol. The van der Waals surface area contributed by atoms with Crippen molar-refractivity contribution in [2.24, 2.45) is 0 Å². The molecule has 0 saturated carbocycles. The van der Waals surface area contributed by atoms with Gasteiger partial charge in [-0.2, -0.15) is 5.10 Å². The molecule has 0 bridgehead atoms. The summed E-state index contributed by atoms with van der Waals surface area (Å²) in [6.07, 6.45) is 1.95. The van der Waals surface area contributed by atoms with E-state index >= 15 is 0 Å². The largest absolute Gasteiger partial charge is 0.477 e. The molecule has 18 heavy (non-hydrogen) atoms. The second kappa shape index (κ2) is 3.73. The number of carbonyl (C=O) groups is 1. The molecule has 2 aromatic heterocycles. The van der Waals surface area contributed by atoms with Gasteiger partial charge in [0, 0.05) is 22.7 Å². The Morgan fingerprint density at radius 1 is 1.33 bits per heavy atom. The molecule has 2 heterocycles. The average molecular weight is 241 g/mol. The van der Waals surface area contributed by atoms with Crippen molar-refractivity contribution in [1.82, 2.24) is 15.2 Å². The number of aryl methyl sites for hydroxylation is 1. The van der Waals surface area contributed by atoms with E-state index in [1.165, 1.54) is 6.07 Å². The van der Waals surface area contributed by atoms with E-state index in [4.69, 9.17) is 5.11 Å². The van der Waals surface area contributed by atoms with Crippen LogP contribution in [0.1, 0.15) is 16.1 Å². The number of benzene rings is 1. The van der Waals surface area contributed by atoms with E-state index in [-0.39, 0.29) is 5.69 Å². The lowest BCUT2D eigenvalue weighted by molar-refractivity contribution is 0.0690. The topological polar surface area (TPSA) is 81.8 Å². The fourth-order valence-corrected chi connectivity index (χ4v) is 2.00. The molecule has 0 radical (unpaired) electrons. The zero-order chi connectivity index (χ0) is 12.7. The van der Waals surface area contributed by atoms with Crippen LogP contribution in [0, 0.1) is 6.92 Å². The zero-order valence-corrected chi connectivity index (χ0v) is 9.69. The summed E-state index contributed by atoms with van der Waals surface area (Å²) in [5, 5.41) is 16.5. The molecule has 5 heteroatoms. The predicted molar refractivity (Wildman–Crippen MR) is 67.6 cm³/mol. The summed E-state index contributed by atoms with van der Waals surface area (Å²) in [6.45, 7) is 2.02. The first-order chi connectivity index (χ1) is 8.65. The lowest BCUT2D eigenvalue weighted by atomic mass is 10.1. The van der Waals surface area contributed by atoms with Crippen molar-refractivity contribution < 1.29 is 9.90 Å². The second-order valence-corrected chi connectivity index (χ2v) is 4.20. The van der Waals surface area contributed by atoms with Crippen LogP contribution in [0.4, 0.5) is 0 Å². The molecule has 0 unspecified atom stereocenters. The summed E-state index contributed by atoms with van der Waals surface area (Å²) in [6, 6.07) is 7.42. The SMILES string of the molecule is Cc1c[nH]c2ccc(-c3cc(C(=O)O)[nH]n3)cc12. The van der Waals surface area contributed by atoms with E-state index in [9.17, 15) is 4.79 Å². The van der Waals surface area contributed by atoms with Crippen molar-refractivity contribution in [3.05, 3.63) is 41.7 Å². The van der Waals surface area contributed by atoms with Crippen LogP contribution in [0.3, 0.4) is 0 Å². The number of carboxylic acids is 1. The molecule has 0 aliphatic heterocycles. The van der Waals surface area contributed by atoms with Gasteiger partial charge in [0.05, 0.1) is 5.69 Å². The van der Waals surface area contributed by atoms with Crippen LogP contribution >= 0.6 is 0 Å². The van der Waals surface area contributed by atoms with Gasteiger partial charge in [0.25, 0.3) is 0 Å². The van der Waals surface area contributed by atoms with Crippen LogP contribution < -0.4 is 0 Å². The maximum absolute atomic E-state index is 10.8. The zero-order valence-electron chi connectivity index (χ0n) is 9.69. The number of hydrogen-bond acceptors (Lipinski definition) is 2. The van der Waals surface area contributed by atoms with E-state index < -0.39 is 5.97 Å². The third kappa shape index (κ3) is 1.57. The minimum atomic E-state index is -1.01. The minimum Gasteiger partial charge on any atom is -0.477 e. The third-order valence-corrected chi connectivity index (χ3v) is 2.99. The number of hydrogen-bond donors (Lipinski definition) is 3. The van der Waals surface area contributed by atoms with Crippen LogP contribution in [0.15, 0.2) is 30.5 Å². The number of fused-ring (bicyclic) bond motifs is 1. The fourth-order valence-electron chi connectivity index (χ4n) is 2.00. The van der Waals surface area contributed by atoms with Crippen LogP contribution in [-0.2, 0) is 0 Å². The van der Waals surface area contributed by atoms with Crippen LogP contribution in [0.5, 0.6) is 0 Å². The number of aromatic nitrogens is 3. The Hall–Kier alpha value is -2.56. The van der Waals surface area contributed by atoms with E-state index in [1.54, 1.807) is 0 Å². The first kappa shape index (κ1) is 10.6. The molecule has 0 spiro atoms. The first-order valence-corrected chi connectivity index (χ1v) is 5.52. The van der Waals surface area contributed by atoms with Crippen LogP contribution in [0.2, 0.25) is 0 Å². The van der Waals surface area contributed by atoms with Gasteiger partial charge in [0.15, 0.2) is 0 Å². The Bertz CT molecular complexity index is 740. The molecule has 0 saturated heterocycles. The highest BCUT2D eigenvalue weighted by Crippen LogP contribution is 2.25. The van der Waals surface area contributed by atoms with Gasteiger partial charge in [-0.3, -0.25) is 5.10 Å². The van der Waals surface area contributed by atoms with Gasteiger partial charge in [-0.25, -0.2) is 4.79 Å². The highest BCUT2D eigenvalue weighted by Gasteiger charge is 2.10. The Morgan fingerprint density at radius 3 is 2.89 bits per heavy atom. The van der Waals surface area contributed by atoms with E-state index in [0.717, 1.165) is 22.0 Å². The van der Waals surface area contributed by atoms with Gasteiger partial charge in [0.2, 0.25) is 0 Å². The molecule has 0 atom stereocenters. The molecule has 0 fully saturated rings. The summed E-state index contributed by atoms with van der Waals surface area (Å²) >= 11 is 0. The number of H-pyrrole nitrogens is 2. The quantitative estimate of drug-likeness (QED) is 0.644.